The number of hydrogen-bond donors (Lipinski definition) is 2. The van der Waals surface area contributed by atoms with Gasteiger partial charge >= 0.3 is 0 Å². The number of piperidine rings is 1. The van der Waals surface area contributed by atoms with Crippen LogP contribution in [0.5, 0.6) is 0 Å². The van der Waals surface area contributed by atoms with Gasteiger partial charge in [-0.1, -0.05) is 18.2 Å². The average molecular weight is 517 g/mol. The lowest BCUT2D eigenvalue weighted by molar-refractivity contribution is 0.0938. The zero-order chi connectivity index (χ0) is 26.1. The standard InChI is InChI=1S/C26H31F3N6O2/c1-16(20-5-2-6-21(23(20)27)24(28)29)32-26(37)17-12-22(25-30-15-31-35(25)13-17)33-10-7-18(8-11-33)34-9-3-4-19(34)14-36/h2,5-6,12-13,15-16,18-19,24,36H,3-4,7-11,14H2,1H3,(H,32,37)/t16-,19-/m1/s1. The zero-order valence-corrected chi connectivity index (χ0v) is 20.7. The highest BCUT2D eigenvalue weighted by atomic mass is 19.3. The highest BCUT2D eigenvalue weighted by Gasteiger charge is 2.33. The second-order valence-electron chi connectivity index (χ2n) is 9.82. The molecule has 2 aliphatic heterocycles. The Morgan fingerprint density at radius 1 is 1.19 bits per heavy atom. The van der Waals surface area contributed by atoms with Crippen LogP contribution in [0.2, 0.25) is 0 Å². The zero-order valence-electron chi connectivity index (χ0n) is 20.7. The van der Waals surface area contributed by atoms with Crippen LogP contribution in [-0.2, 0) is 0 Å². The minimum Gasteiger partial charge on any atom is -0.395 e. The summed E-state index contributed by atoms with van der Waals surface area (Å²) in [6.45, 7) is 4.30. The Balaban J connectivity index is 1.33. The first-order chi connectivity index (χ1) is 17.9. The summed E-state index contributed by atoms with van der Waals surface area (Å²) in [5.41, 5.74) is 1.04. The highest BCUT2D eigenvalue weighted by molar-refractivity contribution is 5.96. The van der Waals surface area contributed by atoms with Gasteiger partial charge in [-0.05, 0) is 45.2 Å². The monoisotopic (exact) mass is 516 g/mol. The minimum atomic E-state index is -2.94. The van der Waals surface area contributed by atoms with E-state index in [-0.39, 0.29) is 18.2 Å². The molecule has 2 N–H and O–H groups in total. The first-order valence-corrected chi connectivity index (χ1v) is 12.7. The summed E-state index contributed by atoms with van der Waals surface area (Å²) in [6, 6.07) is 5.37. The number of anilines is 1. The number of likely N-dealkylation sites (tertiary alicyclic amines) is 1. The Hall–Kier alpha value is -3.18. The Labute approximate surface area is 213 Å². The molecule has 1 amide bonds. The van der Waals surface area contributed by atoms with Crippen molar-refractivity contribution in [2.24, 2.45) is 0 Å². The fourth-order valence-electron chi connectivity index (χ4n) is 5.67. The minimum absolute atomic E-state index is 0.00150. The number of carbonyl (C=O) groups is 1. The molecule has 2 saturated heterocycles. The van der Waals surface area contributed by atoms with Crippen LogP contribution in [0.25, 0.3) is 5.65 Å². The van der Waals surface area contributed by atoms with Gasteiger partial charge in [0.15, 0.2) is 5.65 Å². The number of aliphatic hydroxyl groups is 1. The van der Waals surface area contributed by atoms with Gasteiger partial charge in [-0.2, -0.15) is 5.10 Å². The number of aromatic nitrogens is 3. The lowest BCUT2D eigenvalue weighted by Gasteiger charge is -2.40. The fraction of sp³-hybridized carbons (Fsp3) is 0.500. The lowest BCUT2D eigenvalue weighted by atomic mass is 10.0. The molecule has 0 bridgehead atoms. The number of pyridine rings is 1. The Morgan fingerprint density at radius 3 is 2.68 bits per heavy atom. The molecule has 5 rings (SSSR count). The summed E-state index contributed by atoms with van der Waals surface area (Å²) in [7, 11) is 0. The number of halogens is 3. The van der Waals surface area contributed by atoms with Crippen molar-refractivity contribution in [3.63, 3.8) is 0 Å². The van der Waals surface area contributed by atoms with Gasteiger partial charge in [0.05, 0.1) is 29.5 Å². The maximum Gasteiger partial charge on any atom is 0.266 e. The van der Waals surface area contributed by atoms with Crippen molar-refractivity contribution >= 4 is 17.2 Å². The van der Waals surface area contributed by atoms with Crippen LogP contribution in [0, 0.1) is 5.82 Å². The van der Waals surface area contributed by atoms with Crippen LogP contribution in [0.3, 0.4) is 0 Å². The summed E-state index contributed by atoms with van der Waals surface area (Å²) in [5, 5.41) is 16.6. The van der Waals surface area contributed by atoms with E-state index in [1.54, 1.807) is 23.7 Å². The topological polar surface area (TPSA) is 86.0 Å². The first kappa shape index (κ1) is 25.5. The molecule has 3 aromatic rings. The van der Waals surface area contributed by atoms with Gasteiger partial charge in [-0.25, -0.2) is 22.7 Å². The van der Waals surface area contributed by atoms with Gasteiger partial charge < -0.3 is 15.3 Å². The average Bonchev–Trinajstić information content (AvgIpc) is 3.57. The number of hydrogen-bond acceptors (Lipinski definition) is 6. The number of amides is 1. The number of alkyl halides is 2. The van der Waals surface area contributed by atoms with Crippen LogP contribution in [0.1, 0.15) is 66.6 Å². The van der Waals surface area contributed by atoms with Gasteiger partial charge in [0.1, 0.15) is 12.1 Å². The van der Waals surface area contributed by atoms with E-state index in [4.69, 9.17) is 0 Å². The van der Waals surface area contributed by atoms with E-state index < -0.39 is 29.8 Å². The van der Waals surface area contributed by atoms with Gasteiger partial charge in [-0.3, -0.25) is 9.69 Å². The van der Waals surface area contributed by atoms with Crippen LogP contribution < -0.4 is 10.2 Å². The van der Waals surface area contributed by atoms with E-state index in [1.165, 1.54) is 18.5 Å². The van der Waals surface area contributed by atoms with E-state index in [9.17, 15) is 23.1 Å². The summed E-state index contributed by atoms with van der Waals surface area (Å²) in [5.74, 6) is -1.48. The Morgan fingerprint density at radius 2 is 1.95 bits per heavy atom. The number of nitrogens with zero attached hydrogens (tertiary/aromatic N) is 5. The number of nitrogens with one attached hydrogen (secondary N) is 1. The maximum absolute atomic E-state index is 14.6. The quantitative estimate of drug-likeness (QED) is 0.498. The normalized spacial score (nSPS) is 20.2. The second kappa shape index (κ2) is 10.7. The Kier molecular flexibility index (Phi) is 7.34. The molecule has 2 fully saturated rings. The van der Waals surface area contributed by atoms with Crippen LogP contribution in [0.15, 0.2) is 36.8 Å². The molecule has 2 aliphatic rings. The molecule has 0 spiro atoms. The van der Waals surface area contributed by atoms with Gasteiger partial charge in [0.25, 0.3) is 12.3 Å². The van der Waals surface area contributed by atoms with Crippen molar-refractivity contribution in [3.05, 3.63) is 59.3 Å². The number of benzene rings is 1. The molecule has 11 heteroatoms. The van der Waals surface area contributed by atoms with E-state index in [2.05, 4.69) is 25.2 Å². The molecule has 198 valence electrons. The van der Waals surface area contributed by atoms with Crippen molar-refractivity contribution < 1.29 is 23.1 Å². The van der Waals surface area contributed by atoms with Crippen molar-refractivity contribution in [3.8, 4) is 0 Å². The molecular weight excluding hydrogens is 485 g/mol. The van der Waals surface area contributed by atoms with Crippen LogP contribution >= 0.6 is 0 Å². The first-order valence-electron chi connectivity index (χ1n) is 12.7. The molecule has 4 heterocycles. The number of aliphatic hydroxyl groups excluding tert-OH is 1. The summed E-state index contributed by atoms with van der Waals surface area (Å²) in [4.78, 5) is 22.2. The highest BCUT2D eigenvalue weighted by Crippen LogP contribution is 2.31. The number of fused-ring (bicyclic) bond motifs is 1. The number of carbonyl (C=O) groups excluding carboxylic acids is 1. The predicted molar refractivity (Wildman–Crippen MR) is 132 cm³/mol. The van der Waals surface area contributed by atoms with E-state index in [0.29, 0.717) is 17.3 Å². The van der Waals surface area contributed by atoms with E-state index >= 15 is 0 Å². The summed E-state index contributed by atoms with van der Waals surface area (Å²) >= 11 is 0. The molecule has 0 unspecified atom stereocenters. The number of rotatable bonds is 7. The largest absolute Gasteiger partial charge is 0.395 e. The second-order valence-corrected chi connectivity index (χ2v) is 9.82. The third-order valence-electron chi connectivity index (χ3n) is 7.63. The van der Waals surface area contributed by atoms with Crippen LogP contribution in [-0.4, -0.2) is 68.8 Å². The molecule has 1 aromatic carbocycles. The van der Waals surface area contributed by atoms with Gasteiger partial charge in [0.2, 0.25) is 0 Å². The molecule has 37 heavy (non-hydrogen) atoms. The third-order valence-corrected chi connectivity index (χ3v) is 7.63. The van der Waals surface area contributed by atoms with Gasteiger partial charge in [0, 0.05) is 36.9 Å². The lowest BCUT2D eigenvalue weighted by Crippen LogP contribution is -2.47. The molecular formula is C26H31F3N6O2. The van der Waals surface area contributed by atoms with Gasteiger partial charge in [-0.15, -0.1) is 0 Å². The maximum atomic E-state index is 14.6. The summed E-state index contributed by atoms with van der Waals surface area (Å²) in [6.07, 6.45) is 4.05. The van der Waals surface area contributed by atoms with Crippen molar-refractivity contribution in [1.29, 1.82) is 0 Å². The fourth-order valence-corrected chi connectivity index (χ4v) is 5.67. The molecule has 2 atom stereocenters. The van der Waals surface area contributed by atoms with E-state index in [1.807, 2.05) is 0 Å². The molecule has 2 aromatic heterocycles. The molecule has 0 radical (unpaired) electrons. The molecule has 0 aliphatic carbocycles. The predicted octanol–water partition coefficient (Wildman–Crippen LogP) is 3.72. The molecule has 0 saturated carbocycles. The molecule has 8 nitrogen and oxygen atoms in total. The summed E-state index contributed by atoms with van der Waals surface area (Å²) < 4.78 is 42.4. The van der Waals surface area contributed by atoms with Crippen LogP contribution in [0.4, 0.5) is 18.9 Å². The SMILES string of the molecule is C[C@@H](NC(=O)c1cc(N2CCC(N3CCC[C@@H]3CO)CC2)c2ncnn2c1)c1cccc(C(F)F)c1F. The smallest absolute Gasteiger partial charge is 0.266 e. The van der Waals surface area contributed by atoms with Crippen molar-refractivity contribution in [2.75, 3.05) is 31.1 Å². The van der Waals surface area contributed by atoms with Crippen molar-refractivity contribution in [2.45, 2.75) is 57.2 Å². The van der Waals surface area contributed by atoms with Crippen molar-refractivity contribution in [1.82, 2.24) is 24.8 Å². The third kappa shape index (κ3) is 5.02. The van der Waals surface area contributed by atoms with E-state index in [0.717, 1.165) is 57.1 Å². The Bertz CT molecular complexity index is 1260.